The third kappa shape index (κ3) is 2.44. The van der Waals surface area contributed by atoms with E-state index in [1.165, 1.54) is 12.1 Å². The molecule has 0 amide bonds. The Morgan fingerprint density at radius 3 is 2.23 bits per heavy atom. The van der Waals surface area contributed by atoms with Gasteiger partial charge in [-0.15, -0.1) is 0 Å². The first-order chi connectivity index (χ1) is 10.4. The van der Waals surface area contributed by atoms with E-state index in [9.17, 15) is 13.2 Å². The van der Waals surface area contributed by atoms with Gasteiger partial charge in [0.1, 0.15) is 11.3 Å². The van der Waals surface area contributed by atoms with Crippen LogP contribution < -0.4 is 5.43 Å². The monoisotopic (exact) mass is 314 g/mol. The molecule has 0 radical (unpaired) electrons. The molecule has 0 saturated heterocycles. The van der Waals surface area contributed by atoms with Gasteiger partial charge < -0.3 is 4.42 Å². The highest BCUT2D eigenvalue weighted by atomic mass is 32.2. The summed E-state index contributed by atoms with van der Waals surface area (Å²) in [5, 5.41) is 0.538. The molecule has 22 heavy (non-hydrogen) atoms. The first kappa shape index (κ1) is 14.5. The van der Waals surface area contributed by atoms with E-state index in [0.717, 1.165) is 6.26 Å². The number of benzene rings is 2. The summed E-state index contributed by atoms with van der Waals surface area (Å²) in [6.07, 6.45) is 1.16. The van der Waals surface area contributed by atoms with Crippen LogP contribution in [0.5, 0.6) is 0 Å². The maximum absolute atomic E-state index is 12.4. The zero-order valence-corrected chi connectivity index (χ0v) is 13.0. The van der Waals surface area contributed by atoms with Crippen LogP contribution in [0.1, 0.15) is 5.56 Å². The average molecular weight is 314 g/mol. The predicted molar refractivity (Wildman–Crippen MR) is 85.8 cm³/mol. The van der Waals surface area contributed by atoms with Crippen molar-refractivity contribution >= 4 is 20.8 Å². The Morgan fingerprint density at radius 1 is 0.955 bits per heavy atom. The number of rotatable bonds is 2. The molecule has 0 aliphatic heterocycles. The second kappa shape index (κ2) is 5.10. The van der Waals surface area contributed by atoms with Gasteiger partial charge in [0.25, 0.3) is 0 Å². The van der Waals surface area contributed by atoms with Gasteiger partial charge in [0.2, 0.25) is 0 Å². The number of para-hydroxylation sites is 1. The van der Waals surface area contributed by atoms with Crippen LogP contribution in [0.15, 0.2) is 62.6 Å². The van der Waals surface area contributed by atoms with E-state index in [4.69, 9.17) is 4.42 Å². The summed E-state index contributed by atoms with van der Waals surface area (Å²) in [4.78, 5) is 12.6. The third-order valence-corrected chi connectivity index (χ3v) is 4.70. The quantitative estimate of drug-likeness (QED) is 0.729. The molecule has 0 spiro atoms. The largest absolute Gasteiger partial charge is 0.456 e. The molecule has 0 saturated carbocycles. The van der Waals surface area contributed by atoms with Crippen LogP contribution in [-0.4, -0.2) is 14.7 Å². The van der Waals surface area contributed by atoms with Crippen molar-refractivity contribution in [2.75, 3.05) is 6.26 Å². The smallest absolute Gasteiger partial charge is 0.196 e. The van der Waals surface area contributed by atoms with Crippen LogP contribution in [0.25, 0.3) is 22.3 Å². The lowest BCUT2D eigenvalue weighted by Gasteiger charge is -2.07. The molecular weight excluding hydrogens is 300 g/mol. The summed E-state index contributed by atoms with van der Waals surface area (Å²) >= 11 is 0. The molecule has 1 aromatic heterocycles. The molecule has 3 rings (SSSR count). The predicted octanol–water partition coefficient (Wildman–Crippen LogP) is 3.17. The van der Waals surface area contributed by atoms with Crippen LogP contribution in [0.2, 0.25) is 0 Å². The molecule has 2 aromatic carbocycles. The maximum atomic E-state index is 12.4. The Bertz CT molecular complexity index is 1010. The summed E-state index contributed by atoms with van der Waals surface area (Å²) in [7, 11) is -3.25. The Balaban J connectivity index is 2.22. The van der Waals surface area contributed by atoms with Crippen LogP contribution in [0.4, 0.5) is 0 Å². The van der Waals surface area contributed by atoms with Gasteiger partial charge in [-0.25, -0.2) is 8.42 Å². The van der Waals surface area contributed by atoms with Crippen molar-refractivity contribution in [1.82, 2.24) is 0 Å². The molecule has 112 valence electrons. The van der Waals surface area contributed by atoms with Gasteiger partial charge in [0.15, 0.2) is 15.3 Å². The highest BCUT2D eigenvalue weighted by Crippen LogP contribution is 2.26. The van der Waals surface area contributed by atoms with E-state index in [0.29, 0.717) is 27.9 Å². The fraction of sp³-hybridized carbons (Fsp3) is 0.118. The van der Waals surface area contributed by atoms with Gasteiger partial charge in [-0.05, 0) is 43.3 Å². The molecule has 0 aliphatic rings. The lowest BCUT2D eigenvalue weighted by atomic mass is 10.1. The van der Waals surface area contributed by atoms with Crippen LogP contribution in [0, 0.1) is 6.92 Å². The van der Waals surface area contributed by atoms with Crippen molar-refractivity contribution in [2.45, 2.75) is 11.8 Å². The Labute approximate surface area is 127 Å². The van der Waals surface area contributed by atoms with Gasteiger partial charge in [-0.1, -0.05) is 12.1 Å². The minimum Gasteiger partial charge on any atom is -0.456 e. The standard InChI is InChI=1S/C17H14O4S/c1-11-16(18)14-5-3-4-6-15(14)21-17(11)12-7-9-13(10-8-12)22(2,19)20/h3-10H,1-2H3. The van der Waals surface area contributed by atoms with E-state index in [1.54, 1.807) is 43.3 Å². The number of fused-ring (bicyclic) bond motifs is 1. The molecule has 1 heterocycles. The zero-order chi connectivity index (χ0) is 15.9. The first-order valence-electron chi connectivity index (χ1n) is 6.71. The van der Waals surface area contributed by atoms with E-state index in [-0.39, 0.29) is 10.3 Å². The Kier molecular flexibility index (Phi) is 3.37. The fourth-order valence-electron chi connectivity index (χ4n) is 2.36. The summed E-state index contributed by atoms with van der Waals surface area (Å²) < 4.78 is 28.8. The molecular formula is C17H14O4S. The molecule has 0 N–H and O–H groups in total. The zero-order valence-electron chi connectivity index (χ0n) is 12.2. The highest BCUT2D eigenvalue weighted by Gasteiger charge is 2.13. The van der Waals surface area contributed by atoms with Crippen molar-refractivity contribution in [3.05, 3.63) is 64.3 Å². The molecule has 0 aliphatic carbocycles. The number of hydrogen-bond acceptors (Lipinski definition) is 4. The molecule has 5 heteroatoms. The lowest BCUT2D eigenvalue weighted by molar-refractivity contribution is 0.601. The Hall–Kier alpha value is -2.40. The summed E-state index contributed by atoms with van der Waals surface area (Å²) in [6, 6.07) is 13.4. The van der Waals surface area contributed by atoms with Crippen molar-refractivity contribution < 1.29 is 12.8 Å². The van der Waals surface area contributed by atoms with Crippen LogP contribution >= 0.6 is 0 Å². The highest BCUT2D eigenvalue weighted by molar-refractivity contribution is 7.90. The molecule has 0 atom stereocenters. The van der Waals surface area contributed by atoms with Gasteiger partial charge in [-0.2, -0.15) is 0 Å². The lowest BCUT2D eigenvalue weighted by Crippen LogP contribution is -2.07. The van der Waals surface area contributed by atoms with Gasteiger partial charge in [0.05, 0.1) is 10.3 Å². The van der Waals surface area contributed by atoms with Crippen LogP contribution in [0.3, 0.4) is 0 Å². The van der Waals surface area contributed by atoms with Crippen molar-refractivity contribution in [1.29, 1.82) is 0 Å². The SMILES string of the molecule is Cc1c(-c2ccc(S(C)(=O)=O)cc2)oc2ccccc2c1=O. The third-order valence-electron chi connectivity index (χ3n) is 3.57. The molecule has 0 unspecified atom stereocenters. The summed E-state index contributed by atoms with van der Waals surface area (Å²) in [5.41, 5.74) is 1.61. The number of sulfone groups is 1. The molecule has 4 nitrogen and oxygen atoms in total. The van der Waals surface area contributed by atoms with Crippen molar-refractivity contribution in [2.24, 2.45) is 0 Å². The van der Waals surface area contributed by atoms with E-state index >= 15 is 0 Å². The van der Waals surface area contributed by atoms with Gasteiger partial charge in [-0.3, -0.25) is 4.79 Å². The first-order valence-corrected chi connectivity index (χ1v) is 8.60. The molecule has 0 fully saturated rings. The number of hydrogen-bond donors (Lipinski definition) is 0. The molecule has 0 bridgehead atoms. The van der Waals surface area contributed by atoms with Gasteiger partial charge in [0, 0.05) is 17.4 Å². The van der Waals surface area contributed by atoms with E-state index < -0.39 is 9.84 Å². The van der Waals surface area contributed by atoms with Crippen molar-refractivity contribution in [3.63, 3.8) is 0 Å². The summed E-state index contributed by atoms with van der Waals surface area (Å²) in [6.45, 7) is 1.71. The maximum Gasteiger partial charge on any atom is 0.196 e. The summed E-state index contributed by atoms with van der Waals surface area (Å²) in [5.74, 6) is 0.462. The fourth-order valence-corrected chi connectivity index (χ4v) is 2.99. The Morgan fingerprint density at radius 2 is 1.59 bits per heavy atom. The normalized spacial score (nSPS) is 11.7. The van der Waals surface area contributed by atoms with Crippen LogP contribution in [-0.2, 0) is 9.84 Å². The minimum atomic E-state index is -3.25. The molecule has 3 aromatic rings. The van der Waals surface area contributed by atoms with E-state index in [1.807, 2.05) is 0 Å². The average Bonchev–Trinajstić information content (AvgIpc) is 2.50. The van der Waals surface area contributed by atoms with Crippen molar-refractivity contribution in [3.8, 4) is 11.3 Å². The van der Waals surface area contributed by atoms with Gasteiger partial charge >= 0.3 is 0 Å². The second-order valence-electron chi connectivity index (χ2n) is 5.18. The topological polar surface area (TPSA) is 64.3 Å². The van der Waals surface area contributed by atoms with E-state index in [2.05, 4.69) is 0 Å². The second-order valence-corrected chi connectivity index (χ2v) is 7.19. The minimum absolute atomic E-state index is 0.0796.